The number of para-hydroxylation sites is 1. The van der Waals surface area contributed by atoms with E-state index in [-0.39, 0.29) is 29.6 Å². The summed E-state index contributed by atoms with van der Waals surface area (Å²) < 4.78 is 0. The minimum atomic E-state index is -0.226. The van der Waals surface area contributed by atoms with Gasteiger partial charge in [0.05, 0.1) is 5.52 Å². The minimum absolute atomic E-state index is 0.0351. The molecule has 0 bridgehead atoms. The van der Waals surface area contributed by atoms with Crippen LogP contribution in [0.25, 0.3) is 11.0 Å². The van der Waals surface area contributed by atoms with Crippen molar-refractivity contribution in [2.24, 2.45) is 5.92 Å². The molecule has 0 unspecified atom stereocenters. The highest BCUT2D eigenvalue weighted by Gasteiger charge is 2.29. The first-order valence-electron chi connectivity index (χ1n) is 8.23. The van der Waals surface area contributed by atoms with Crippen LogP contribution in [-0.2, 0) is 4.79 Å². The van der Waals surface area contributed by atoms with Gasteiger partial charge < -0.3 is 10.2 Å². The van der Waals surface area contributed by atoms with Gasteiger partial charge in [0.2, 0.25) is 11.7 Å². The van der Waals surface area contributed by atoms with E-state index in [0.29, 0.717) is 37.0 Å². The maximum absolute atomic E-state index is 12.6. The number of benzene rings is 1. The second-order valence-electron chi connectivity index (χ2n) is 6.35. The lowest BCUT2D eigenvalue weighted by Gasteiger charge is -2.31. The van der Waals surface area contributed by atoms with Crippen LogP contribution in [0.3, 0.4) is 0 Å². The summed E-state index contributed by atoms with van der Waals surface area (Å²) in [5.41, 5.74) is 1.32. The molecule has 7 heteroatoms. The van der Waals surface area contributed by atoms with E-state index in [2.05, 4.69) is 20.5 Å². The summed E-state index contributed by atoms with van der Waals surface area (Å²) in [4.78, 5) is 30.6. The fourth-order valence-corrected chi connectivity index (χ4v) is 2.86. The highest BCUT2D eigenvalue weighted by atomic mass is 16.2. The molecule has 1 aliphatic heterocycles. The van der Waals surface area contributed by atoms with E-state index in [1.807, 2.05) is 38.1 Å². The Morgan fingerprint density at radius 1 is 1.12 bits per heavy atom. The lowest BCUT2D eigenvalue weighted by atomic mass is 9.95. The Balaban J connectivity index is 1.65. The first-order valence-corrected chi connectivity index (χ1v) is 8.23. The molecule has 0 radical (unpaired) electrons. The van der Waals surface area contributed by atoms with Crippen LogP contribution in [0, 0.1) is 5.92 Å². The SMILES string of the molecule is CC(C)NC(=O)C1CCN(C(=O)c2nnc3ccccc3n2)CC1. The summed E-state index contributed by atoms with van der Waals surface area (Å²) >= 11 is 0. The van der Waals surface area contributed by atoms with Crippen molar-refractivity contribution in [3.63, 3.8) is 0 Å². The number of carbonyl (C=O) groups excluding carboxylic acids is 2. The Morgan fingerprint density at radius 2 is 1.79 bits per heavy atom. The summed E-state index contributed by atoms with van der Waals surface area (Å²) in [6, 6.07) is 7.46. The first kappa shape index (κ1) is 16.3. The van der Waals surface area contributed by atoms with Crippen LogP contribution in [0.2, 0.25) is 0 Å². The zero-order valence-corrected chi connectivity index (χ0v) is 13.9. The Bertz CT molecular complexity index is 753. The van der Waals surface area contributed by atoms with Crippen LogP contribution in [0.5, 0.6) is 0 Å². The second-order valence-corrected chi connectivity index (χ2v) is 6.35. The summed E-state index contributed by atoms with van der Waals surface area (Å²) in [6.07, 6.45) is 1.32. The van der Waals surface area contributed by atoms with Gasteiger partial charge in [-0.25, -0.2) is 4.98 Å². The Hall–Kier alpha value is -2.57. The average Bonchev–Trinajstić information content (AvgIpc) is 2.60. The third kappa shape index (κ3) is 3.50. The van der Waals surface area contributed by atoms with E-state index >= 15 is 0 Å². The molecule has 2 aromatic rings. The lowest BCUT2D eigenvalue weighted by molar-refractivity contribution is -0.126. The van der Waals surface area contributed by atoms with Crippen molar-refractivity contribution in [2.45, 2.75) is 32.7 Å². The highest BCUT2D eigenvalue weighted by molar-refractivity contribution is 5.92. The number of hydrogen-bond donors (Lipinski definition) is 1. The van der Waals surface area contributed by atoms with Gasteiger partial charge in [0, 0.05) is 25.0 Å². The van der Waals surface area contributed by atoms with E-state index in [1.54, 1.807) is 4.90 Å². The molecule has 1 aromatic heterocycles. The number of aromatic nitrogens is 3. The van der Waals surface area contributed by atoms with Crippen molar-refractivity contribution in [2.75, 3.05) is 13.1 Å². The smallest absolute Gasteiger partial charge is 0.293 e. The number of nitrogens with zero attached hydrogens (tertiary/aromatic N) is 4. The molecule has 3 rings (SSSR count). The zero-order chi connectivity index (χ0) is 17.1. The van der Waals surface area contributed by atoms with E-state index in [4.69, 9.17) is 0 Å². The third-order valence-corrected chi connectivity index (χ3v) is 4.14. The van der Waals surface area contributed by atoms with Crippen LogP contribution < -0.4 is 5.32 Å². The first-order chi connectivity index (χ1) is 11.5. The van der Waals surface area contributed by atoms with Crippen LogP contribution >= 0.6 is 0 Å². The minimum Gasteiger partial charge on any atom is -0.354 e. The molecular formula is C17H21N5O2. The van der Waals surface area contributed by atoms with Gasteiger partial charge in [0.25, 0.3) is 5.91 Å². The lowest BCUT2D eigenvalue weighted by Crippen LogP contribution is -2.44. The molecule has 7 nitrogen and oxygen atoms in total. The fraction of sp³-hybridized carbons (Fsp3) is 0.471. The molecule has 1 N–H and O–H groups in total. The molecule has 1 aliphatic rings. The third-order valence-electron chi connectivity index (χ3n) is 4.14. The predicted octanol–water partition coefficient (Wildman–Crippen LogP) is 1.40. The topological polar surface area (TPSA) is 88.1 Å². The number of rotatable bonds is 3. The maximum atomic E-state index is 12.6. The van der Waals surface area contributed by atoms with Gasteiger partial charge in [0.15, 0.2) is 0 Å². The van der Waals surface area contributed by atoms with E-state index in [1.165, 1.54) is 0 Å². The normalized spacial score (nSPS) is 15.7. The van der Waals surface area contributed by atoms with Crippen molar-refractivity contribution < 1.29 is 9.59 Å². The van der Waals surface area contributed by atoms with Gasteiger partial charge in [-0.3, -0.25) is 9.59 Å². The Kier molecular flexibility index (Phi) is 4.69. The van der Waals surface area contributed by atoms with Crippen molar-refractivity contribution in [3.05, 3.63) is 30.1 Å². The number of hydrogen-bond acceptors (Lipinski definition) is 5. The second kappa shape index (κ2) is 6.90. The van der Waals surface area contributed by atoms with Gasteiger partial charge in [0.1, 0.15) is 5.52 Å². The summed E-state index contributed by atoms with van der Waals surface area (Å²) in [5.74, 6) is -0.0810. The summed E-state index contributed by atoms with van der Waals surface area (Å²) in [5, 5.41) is 10.9. The fourth-order valence-electron chi connectivity index (χ4n) is 2.86. The van der Waals surface area contributed by atoms with E-state index < -0.39 is 0 Å². The molecule has 24 heavy (non-hydrogen) atoms. The van der Waals surface area contributed by atoms with Crippen molar-refractivity contribution in [1.82, 2.24) is 25.4 Å². The summed E-state index contributed by atoms with van der Waals surface area (Å²) in [7, 11) is 0. The van der Waals surface area contributed by atoms with Crippen LogP contribution in [0.4, 0.5) is 0 Å². The molecule has 1 fully saturated rings. The van der Waals surface area contributed by atoms with Gasteiger partial charge in [-0.05, 0) is 38.8 Å². The van der Waals surface area contributed by atoms with Gasteiger partial charge >= 0.3 is 0 Å². The quantitative estimate of drug-likeness (QED) is 0.920. The van der Waals surface area contributed by atoms with Gasteiger partial charge in [-0.2, -0.15) is 0 Å². The zero-order valence-electron chi connectivity index (χ0n) is 13.9. The maximum Gasteiger partial charge on any atom is 0.293 e. The van der Waals surface area contributed by atoms with E-state index in [9.17, 15) is 9.59 Å². The molecule has 1 saturated heterocycles. The van der Waals surface area contributed by atoms with Crippen molar-refractivity contribution >= 4 is 22.8 Å². The number of fused-ring (bicyclic) bond motifs is 1. The molecule has 2 amide bonds. The largest absolute Gasteiger partial charge is 0.354 e. The van der Waals surface area contributed by atoms with Crippen molar-refractivity contribution in [1.29, 1.82) is 0 Å². The Morgan fingerprint density at radius 3 is 2.46 bits per heavy atom. The number of amides is 2. The molecule has 0 atom stereocenters. The molecule has 0 spiro atoms. The number of piperidine rings is 1. The van der Waals surface area contributed by atoms with Crippen LogP contribution in [-0.4, -0.2) is 51.0 Å². The van der Waals surface area contributed by atoms with Crippen LogP contribution in [0.1, 0.15) is 37.3 Å². The van der Waals surface area contributed by atoms with Gasteiger partial charge in [-0.1, -0.05) is 12.1 Å². The molecule has 1 aromatic carbocycles. The molecule has 126 valence electrons. The molecular weight excluding hydrogens is 306 g/mol. The summed E-state index contributed by atoms with van der Waals surface area (Å²) in [6.45, 7) is 4.96. The predicted molar refractivity (Wildman–Crippen MR) is 89.2 cm³/mol. The monoisotopic (exact) mass is 327 g/mol. The number of nitrogens with one attached hydrogen (secondary N) is 1. The molecule has 0 saturated carbocycles. The highest BCUT2D eigenvalue weighted by Crippen LogP contribution is 2.19. The van der Waals surface area contributed by atoms with Crippen LogP contribution in [0.15, 0.2) is 24.3 Å². The molecule has 2 heterocycles. The molecule has 0 aliphatic carbocycles. The average molecular weight is 327 g/mol. The van der Waals surface area contributed by atoms with E-state index in [0.717, 1.165) is 0 Å². The number of carbonyl (C=O) groups is 2. The number of likely N-dealkylation sites (tertiary alicyclic amines) is 1. The Labute approximate surface area is 140 Å². The standard InChI is InChI=1S/C17H21N5O2/c1-11(2)18-16(23)12-7-9-22(10-8-12)17(24)15-19-13-5-3-4-6-14(13)20-21-15/h3-6,11-12H,7-10H2,1-2H3,(H,18,23). The van der Waals surface area contributed by atoms with Gasteiger partial charge in [-0.15, -0.1) is 10.2 Å². The van der Waals surface area contributed by atoms with Crippen molar-refractivity contribution in [3.8, 4) is 0 Å².